The van der Waals surface area contributed by atoms with Crippen LogP contribution in [0.25, 0.3) is 0 Å². The van der Waals surface area contributed by atoms with Crippen LogP contribution in [0.15, 0.2) is 12.1 Å². The third-order valence-electron chi connectivity index (χ3n) is 3.29. The summed E-state index contributed by atoms with van der Waals surface area (Å²) in [6, 6.07) is 2.86. The first-order valence-corrected chi connectivity index (χ1v) is 6.05. The van der Waals surface area contributed by atoms with Gasteiger partial charge in [0.1, 0.15) is 11.6 Å². The molecule has 0 aromatic heterocycles. The van der Waals surface area contributed by atoms with Crippen LogP contribution in [-0.4, -0.2) is 37.4 Å². The number of ether oxygens (including phenoxy) is 1. The molecular weight excluding hydrogens is 233 g/mol. The van der Waals surface area contributed by atoms with Crippen molar-refractivity contribution in [3.8, 4) is 5.75 Å². The summed E-state index contributed by atoms with van der Waals surface area (Å²) in [5.41, 5.74) is 6.50. The molecule has 4 nitrogen and oxygen atoms in total. The lowest BCUT2D eigenvalue weighted by atomic mass is 10.0. The molecule has 98 valence electrons. The molecule has 0 aliphatic carbocycles. The Bertz CT molecular complexity index is 458. The Morgan fingerprint density at radius 2 is 2.22 bits per heavy atom. The summed E-state index contributed by atoms with van der Waals surface area (Å²) in [6.07, 6.45) is 1.81. The molecule has 1 saturated heterocycles. The van der Waals surface area contributed by atoms with Crippen molar-refractivity contribution >= 4 is 11.4 Å². The minimum absolute atomic E-state index is 0.0319. The lowest BCUT2D eigenvalue weighted by molar-refractivity contribution is 0.187. The maximum Gasteiger partial charge on any atom is 0.150 e. The second kappa shape index (κ2) is 5.35. The van der Waals surface area contributed by atoms with Crippen LogP contribution in [0.2, 0.25) is 0 Å². The predicted octanol–water partition coefficient (Wildman–Crippen LogP) is 1.88. The quantitative estimate of drug-likeness (QED) is 0.620. The fourth-order valence-electron chi connectivity index (χ4n) is 1.97. The summed E-state index contributed by atoms with van der Waals surface area (Å²) < 4.78 is 18.5. The number of likely N-dealkylation sites (tertiary alicyclic amines) is 1. The third-order valence-corrected chi connectivity index (χ3v) is 3.29. The Morgan fingerprint density at radius 1 is 1.50 bits per heavy atom. The Hall–Kier alpha value is -1.62. The molecule has 18 heavy (non-hydrogen) atoms. The number of nitrogens with two attached hydrogens (primary N) is 1. The lowest BCUT2D eigenvalue weighted by Gasteiger charge is -2.30. The van der Waals surface area contributed by atoms with Gasteiger partial charge in [0, 0.05) is 30.3 Å². The zero-order valence-corrected chi connectivity index (χ0v) is 10.5. The fourth-order valence-corrected chi connectivity index (χ4v) is 1.97. The molecule has 0 saturated carbocycles. The molecule has 1 aromatic rings. The molecule has 0 radical (unpaired) electrons. The van der Waals surface area contributed by atoms with Gasteiger partial charge >= 0.3 is 0 Å². The molecule has 2 rings (SSSR count). The highest BCUT2D eigenvalue weighted by atomic mass is 19.1. The van der Waals surface area contributed by atoms with Crippen LogP contribution < -0.4 is 10.5 Å². The van der Waals surface area contributed by atoms with Gasteiger partial charge in [-0.25, -0.2) is 4.39 Å². The van der Waals surface area contributed by atoms with Gasteiger partial charge in [0.05, 0.1) is 12.8 Å². The second-order valence-electron chi connectivity index (χ2n) is 4.49. The van der Waals surface area contributed by atoms with E-state index >= 15 is 0 Å². The van der Waals surface area contributed by atoms with Crippen LogP contribution in [-0.2, 0) is 0 Å². The Labute approximate surface area is 106 Å². The van der Waals surface area contributed by atoms with Crippen molar-refractivity contribution in [2.75, 3.05) is 32.5 Å². The molecule has 5 heteroatoms. The van der Waals surface area contributed by atoms with Gasteiger partial charge in [-0.15, -0.1) is 0 Å². The minimum atomic E-state index is -0.530. The third kappa shape index (κ3) is 2.61. The first-order chi connectivity index (χ1) is 8.61. The molecule has 0 atom stereocenters. The molecule has 0 spiro atoms. The van der Waals surface area contributed by atoms with E-state index in [1.807, 2.05) is 0 Å². The smallest absolute Gasteiger partial charge is 0.150 e. The van der Waals surface area contributed by atoms with Gasteiger partial charge in [0.2, 0.25) is 0 Å². The molecule has 3 N–H and O–H groups in total. The first kappa shape index (κ1) is 12.8. The van der Waals surface area contributed by atoms with E-state index in [0.717, 1.165) is 19.6 Å². The second-order valence-corrected chi connectivity index (χ2v) is 4.49. The summed E-state index contributed by atoms with van der Waals surface area (Å²) in [6.45, 7) is 3.02. The topological polar surface area (TPSA) is 62.3 Å². The van der Waals surface area contributed by atoms with Gasteiger partial charge in [0.25, 0.3) is 0 Å². The van der Waals surface area contributed by atoms with Crippen molar-refractivity contribution in [1.82, 2.24) is 4.90 Å². The number of halogens is 1. The monoisotopic (exact) mass is 251 g/mol. The fraction of sp³-hybridized carbons (Fsp3) is 0.462. The van der Waals surface area contributed by atoms with Gasteiger partial charge in [-0.3, -0.25) is 0 Å². The maximum atomic E-state index is 13.6. The highest BCUT2D eigenvalue weighted by molar-refractivity contribution is 6.03. The summed E-state index contributed by atoms with van der Waals surface area (Å²) in [7, 11) is 1.47. The van der Waals surface area contributed by atoms with E-state index in [1.54, 1.807) is 6.07 Å². The molecule has 0 bridgehead atoms. The van der Waals surface area contributed by atoms with E-state index in [9.17, 15) is 4.39 Å². The van der Waals surface area contributed by atoms with Crippen molar-refractivity contribution in [2.24, 2.45) is 0 Å². The summed E-state index contributed by atoms with van der Waals surface area (Å²) >= 11 is 0. The standard InChI is InChI=1S/C13H18FN3O/c1-18-9-7-10(13(16)11(14)8-9)12(15)3-6-17-4-2-5-17/h7-8,15H,2-6,16H2,1H3. The molecule has 1 aliphatic rings. The molecular formula is C13H18FN3O. The van der Waals surface area contributed by atoms with Crippen molar-refractivity contribution in [3.63, 3.8) is 0 Å². The molecule has 1 heterocycles. The number of benzene rings is 1. The van der Waals surface area contributed by atoms with Crippen LogP contribution >= 0.6 is 0 Å². The van der Waals surface area contributed by atoms with Crippen LogP contribution in [0.3, 0.4) is 0 Å². The SMILES string of the molecule is COc1cc(F)c(N)c(C(=N)CCN2CCC2)c1. The van der Waals surface area contributed by atoms with Gasteiger partial charge in [0.15, 0.2) is 0 Å². The van der Waals surface area contributed by atoms with Gasteiger partial charge in [-0.1, -0.05) is 0 Å². The highest BCUT2D eigenvalue weighted by Gasteiger charge is 2.16. The van der Waals surface area contributed by atoms with Gasteiger partial charge in [-0.2, -0.15) is 0 Å². The Balaban J connectivity index is 2.10. The molecule has 1 aromatic carbocycles. The predicted molar refractivity (Wildman–Crippen MR) is 69.9 cm³/mol. The number of nitrogens with one attached hydrogen (secondary N) is 1. The summed E-state index contributed by atoms with van der Waals surface area (Å²) in [5.74, 6) is -0.136. The molecule has 0 amide bonds. The van der Waals surface area contributed by atoms with Gasteiger partial charge in [-0.05, 0) is 25.6 Å². The number of rotatable bonds is 5. The average molecular weight is 251 g/mol. The van der Waals surface area contributed by atoms with Crippen molar-refractivity contribution in [3.05, 3.63) is 23.5 Å². The number of anilines is 1. The van der Waals surface area contributed by atoms with E-state index in [0.29, 0.717) is 23.4 Å². The minimum Gasteiger partial charge on any atom is -0.497 e. The summed E-state index contributed by atoms with van der Waals surface area (Å²) in [4.78, 5) is 2.27. The molecule has 1 fully saturated rings. The average Bonchev–Trinajstić information content (AvgIpc) is 2.30. The van der Waals surface area contributed by atoms with Gasteiger partial charge < -0.3 is 20.8 Å². The van der Waals surface area contributed by atoms with Crippen LogP contribution in [0.4, 0.5) is 10.1 Å². The molecule has 0 unspecified atom stereocenters. The Morgan fingerprint density at radius 3 is 2.78 bits per heavy atom. The number of hydrogen-bond acceptors (Lipinski definition) is 4. The van der Waals surface area contributed by atoms with Crippen molar-refractivity contribution in [1.29, 1.82) is 5.41 Å². The number of nitrogens with zero attached hydrogens (tertiary/aromatic N) is 1. The van der Waals surface area contributed by atoms with E-state index in [2.05, 4.69) is 4.90 Å². The van der Waals surface area contributed by atoms with Crippen LogP contribution in [0, 0.1) is 11.2 Å². The van der Waals surface area contributed by atoms with Crippen LogP contribution in [0.5, 0.6) is 5.75 Å². The zero-order chi connectivity index (χ0) is 13.1. The van der Waals surface area contributed by atoms with E-state index in [1.165, 1.54) is 19.6 Å². The highest BCUT2D eigenvalue weighted by Crippen LogP contribution is 2.25. The Kier molecular flexibility index (Phi) is 3.81. The lowest BCUT2D eigenvalue weighted by Crippen LogP contribution is -2.38. The van der Waals surface area contributed by atoms with Crippen molar-refractivity contribution in [2.45, 2.75) is 12.8 Å². The maximum absolute atomic E-state index is 13.6. The van der Waals surface area contributed by atoms with Crippen molar-refractivity contribution < 1.29 is 9.13 Å². The number of nitrogen functional groups attached to an aromatic ring is 1. The molecule has 1 aliphatic heterocycles. The zero-order valence-electron chi connectivity index (χ0n) is 10.5. The normalized spacial score (nSPS) is 15.2. The summed E-state index contributed by atoms with van der Waals surface area (Å²) in [5, 5.41) is 8.00. The van der Waals surface area contributed by atoms with E-state index < -0.39 is 5.82 Å². The van der Waals surface area contributed by atoms with E-state index in [-0.39, 0.29) is 5.69 Å². The number of methoxy groups -OCH3 is 1. The number of hydrogen-bond donors (Lipinski definition) is 2. The van der Waals surface area contributed by atoms with E-state index in [4.69, 9.17) is 15.9 Å². The first-order valence-electron chi connectivity index (χ1n) is 6.05. The largest absolute Gasteiger partial charge is 0.497 e. The van der Waals surface area contributed by atoms with Crippen LogP contribution in [0.1, 0.15) is 18.4 Å².